The van der Waals surface area contributed by atoms with Crippen LogP contribution in [-0.4, -0.2) is 19.9 Å². The summed E-state index contributed by atoms with van der Waals surface area (Å²) in [5, 5.41) is 0. The van der Waals surface area contributed by atoms with Gasteiger partial charge < -0.3 is 9.47 Å². The first-order valence-corrected chi connectivity index (χ1v) is 11.8. The lowest BCUT2D eigenvalue weighted by Gasteiger charge is -2.29. The molecular formula is C25H32FO2P. The summed E-state index contributed by atoms with van der Waals surface area (Å²) in [6.45, 7) is 0.756. The molecule has 0 heterocycles. The summed E-state index contributed by atoms with van der Waals surface area (Å²) in [5.74, 6) is 3.96. The number of hydrogen-bond donors (Lipinski definition) is 0. The zero-order valence-corrected chi connectivity index (χ0v) is 18.4. The van der Waals surface area contributed by atoms with Crippen molar-refractivity contribution in [1.82, 2.24) is 0 Å². The SMILES string of the molecule is COc1ccc(F)c(C2CCC(COc3cccc([C@@H](CP)C4CC4)c3)CC2)c1. The molecule has 29 heavy (non-hydrogen) atoms. The Morgan fingerprint density at radius 1 is 1.00 bits per heavy atom. The van der Waals surface area contributed by atoms with Crippen molar-refractivity contribution in [2.24, 2.45) is 11.8 Å². The van der Waals surface area contributed by atoms with Crippen molar-refractivity contribution in [3.8, 4) is 11.5 Å². The number of methoxy groups -OCH3 is 1. The fourth-order valence-corrected chi connectivity index (χ4v) is 5.41. The summed E-state index contributed by atoms with van der Waals surface area (Å²) in [4.78, 5) is 0. The minimum Gasteiger partial charge on any atom is -0.497 e. The quantitative estimate of drug-likeness (QED) is 0.456. The molecule has 156 valence electrons. The molecule has 0 amide bonds. The number of halogens is 1. The molecule has 0 N–H and O–H groups in total. The average Bonchev–Trinajstić information content (AvgIpc) is 3.59. The molecule has 2 aromatic rings. The van der Waals surface area contributed by atoms with E-state index in [9.17, 15) is 4.39 Å². The highest BCUT2D eigenvalue weighted by molar-refractivity contribution is 7.16. The Bertz CT molecular complexity index is 812. The molecule has 0 bridgehead atoms. The molecule has 2 nitrogen and oxygen atoms in total. The summed E-state index contributed by atoms with van der Waals surface area (Å²) in [7, 11) is 4.54. The van der Waals surface area contributed by atoms with Crippen LogP contribution < -0.4 is 9.47 Å². The Hall–Kier alpha value is -1.60. The van der Waals surface area contributed by atoms with Crippen LogP contribution in [-0.2, 0) is 0 Å². The van der Waals surface area contributed by atoms with Crippen LogP contribution in [0.4, 0.5) is 4.39 Å². The van der Waals surface area contributed by atoms with E-state index in [0.717, 1.165) is 61.4 Å². The molecule has 2 aliphatic rings. The molecule has 1 unspecified atom stereocenters. The van der Waals surface area contributed by atoms with Gasteiger partial charge in [0.05, 0.1) is 13.7 Å². The second-order valence-corrected chi connectivity index (χ2v) is 9.14. The van der Waals surface area contributed by atoms with Gasteiger partial charge in [0.2, 0.25) is 0 Å². The van der Waals surface area contributed by atoms with Gasteiger partial charge in [-0.1, -0.05) is 12.1 Å². The Labute approximate surface area is 176 Å². The van der Waals surface area contributed by atoms with E-state index in [4.69, 9.17) is 9.47 Å². The van der Waals surface area contributed by atoms with Crippen molar-refractivity contribution in [1.29, 1.82) is 0 Å². The highest BCUT2D eigenvalue weighted by atomic mass is 31.0. The van der Waals surface area contributed by atoms with E-state index in [-0.39, 0.29) is 11.7 Å². The van der Waals surface area contributed by atoms with E-state index in [2.05, 4.69) is 33.5 Å². The molecule has 0 aliphatic heterocycles. The third-order valence-corrected chi connectivity index (χ3v) is 7.21. The Balaban J connectivity index is 1.30. The molecule has 0 radical (unpaired) electrons. The maximum absolute atomic E-state index is 14.3. The van der Waals surface area contributed by atoms with Gasteiger partial charge in [0.1, 0.15) is 17.3 Å². The monoisotopic (exact) mass is 414 g/mol. The first kappa shape index (κ1) is 20.7. The number of rotatable bonds is 8. The fourth-order valence-electron chi connectivity index (χ4n) is 4.75. The van der Waals surface area contributed by atoms with Gasteiger partial charge in [-0.05, 0) is 110 Å². The fraction of sp³-hybridized carbons (Fsp3) is 0.520. The molecule has 0 spiro atoms. The summed E-state index contributed by atoms with van der Waals surface area (Å²) in [6, 6.07) is 13.8. The lowest BCUT2D eigenvalue weighted by molar-refractivity contribution is 0.199. The van der Waals surface area contributed by atoms with E-state index < -0.39 is 0 Å². The first-order chi connectivity index (χ1) is 14.2. The second-order valence-electron chi connectivity index (χ2n) is 8.67. The van der Waals surface area contributed by atoms with Gasteiger partial charge in [0, 0.05) is 0 Å². The largest absolute Gasteiger partial charge is 0.497 e. The third kappa shape index (κ3) is 5.12. The van der Waals surface area contributed by atoms with Crippen LogP contribution in [0.15, 0.2) is 42.5 Å². The molecule has 2 aliphatic carbocycles. The zero-order chi connectivity index (χ0) is 20.2. The van der Waals surface area contributed by atoms with Gasteiger partial charge in [-0.25, -0.2) is 4.39 Å². The second kappa shape index (κ2) is 9.47. The average molecular weight is 415 g/mol. The third-order valence-electron chi connectivity index (χ3n) is 6.71. The van der Waals surface area contributed by atoms with Crippen LogP contribution in [0.1, 0.15) is 61.5 Å². The van der Waals surface area contributed by atoms with Gasteiger partial charge in [0.25, 0.3) is 0 Å². The smallest absolute Gasteiger partial charge is 0.126 e. The van der Waals surface area contributed by atoms with E-state index in [1.807, 2.05) is 6.07 Å². The van der Waals surface area contributed by atoms with Crippen molar-refractivity contribution in [3.05, 3.63) is 59.4 Å². The van der Waals surface area contributed by atoms with Gasteiger partial charge in [0.15, 0.2) is 0 Å². The molecule has 0 aromatic heterocycles. The normalized spacial score (nSPS) is 22.9. The van der Waals surface area contributed by atoms with E-state index in [1.54, 1.807) is 13.2 Å². The number of ether oxygens (including phenoxy) is 2. The summed E-state index contributed by atoms with van der Waals surface area (Å²) in [5.41, 5.74) is 2.22. The van der Waals surface area contributed by atoms with Crippen LogP contribution in [0, 0.1) is 17.7 Å². The van der Waals surface area contributed by atoms with Crippen LogP contribution in [0.2, 0.25) is 0 Å². The van der Waals surface area contributed by atoms with E-state index >= 15 is 0 Å². The predicted octanol–water partition coefficient (Wildman–Crippen LogP) is 6.56. The molecule has 0 saturated heterocycles. The standard InChI is InChI=1S/C25H32FO2P/c1-27-21-11-12-25(26)23(14-21)18-7-5-17(6-8-18)15-28-22-4-2-3-20(13-22)24(16-29)19-9-10-19/h2-4,11-14,17-19,24H,5-10,15-16,29H2,1H3/t17?,18?,24-/m0/s1. The van der Waals surface area contributed by atoms with Crippen molar-refractivity contribution in [2.75, 3.05) is 19.9 Å². The molecule has 2 aromatic carbocycles. The highest BCUT2D eigenvalue weighted by Gasteiger charge is 2.31. The van der Waals surface area contributed by atoms with Crippen molar-refractivity contribution in [3.63, 3.8) is 0 Å². The maximum atomic E-state index is 14.3. The van der Waals surface area contributed by atoms with Crippen LogP contribution >= 0.6 is 9.24 Å². The summed E-state index contributed by atoms with van der Waals surface area (Å²) < 4.78 is 25.7. The molecule has 2 saturated carbocycles. The zero-order valence-electron chi connectivity index (χ0n) is 17.3. The lowest BCUT2D eigenvalue weighted by Crippen LogP contribution is -2.20. The summed E-state index contributed by atoms with van der Waals surface area (Å²) >= 11 is 0. The first-order valence-electron chi connectivity index (χ1n) is 10.9. The van der Waals surface area contributed by atoms with Crippen LogP contribution in [0.3, 0.4) is 0 Å². The predicted molar refractivity (Wildman–Crippen MR) is 120 cm³/mol. The van der Waals surface area contributed by atoms with Gasteiger partial charge in [-0.15, -0.1) is 9.24 Å². The van der Waals surface area contributed by atoms with E-state index in [0.29, 0.717) is 11.8 Å². The molecule has 4 heteroatoms. The van der Waals surface area contributed by atoms with Crippen LogP contribution in [0.5, 0.6) is 11.5 Å². The Morgan fingerprint density at radius 3 is 2.48 bits per heavy atom. The van der Waals surface area contributed by atoms with Gasteiger partial charge in [-0.2, -0.15) is 0 Å². The molecule has 2 fully saturated rings. The minimum absolute atomic E-state index is 0.110. The van der Waals surface area contributed by atoms with Crippen molar-refractivity contribution in [2.45, 2.75) is 50.4 Å². The maximum Gasteiger partial charge on any atom is 0.126 e. The van der Waals surface area contributed by atoms with Gasteiger partial charge >= 0.3 is 0 Å². The van der Waals surface area contributed by atoms with Crippen molar-refractivity contribution >= 4 is 9.24 Å². The minimum atomic E-state index is -0.110. The number of benzene rings is 2. The number of hydrogen-bond acceptors (Lipinski definition) is 2. The Morgan fingerprint density at radius 2 is 1.79 bits per heavy atom. The molecule has 2 atom stereocenters. The molecular weight excluding hydrogens is 382 g/mol. The van der Waals surface area contributed by atoms with Gasteiger partial charge in [-0.3, -0.25) is 0 Å². The topological polar surface area (TPSA) is 18.5 Å². The van der Waals surface area contributed by atoms with E-state index in [1.165, 1.54) is 24.5 Å². The van der Waals surface area contributed by atoms with Crippen molar-refractivity contribution < 1.29 is 13.9 Å². The Kier molecular flexibility index (Phi) is 6.75. The lowest BCUT2D eigenvalue weighted by atomic mass is 9.79. The summed E-state index contributed by atoms with van der Waals surface area (Å²) in [6.07, 6.45) is 8.03. The van der Waals surface area contributed by atoms with Crippen LogP contribution in [0.25, 0.3) is 0 Å². The highest BCUT2D eigenvalue weighted by Crippen LogP contribution is 2.44. The molecule has 4 rings (SSSR count).